The van der Waals surface area contributed by atoms with Gasteiger partial charge in [-0.1, -0.05) is 42.4 Å². The van der Waals surface area contributed by atoms with E-state index in [9.17, 15) is 10.2 Å². The van der Waals surface area contributed by atoms with E-state index in [1.54, 1.807) is 0 Å². The highest BCUT2D eigenvalue weighted by Crippen LogP contribution is 2.63. The van der Waals surface area contributed by atoms with E-state index in [4.69, 9.17) is 0 Å². The summed E-state index contributed by atoms with van der Waals surface area (Å²) in [5.41, 5.74) is 5.65. The number of nitrogens with zero attached hydrogens (tertiary/aromatic N) is 1. The van der Waals surface area contributed by atoms with Crippen LogP contribution in [0.4, 0.5) is 0 Å². The van der Waals surface area contributed by atoms with E-state index >= 15 is 0 Å². The molecule has 0 spiro atoms. The molecule has 2 aromatic rings. The average molecular weight is 428 g/mol. The van der Waals surface area contributed by atoms with Crippen molar-refractivity contribution in [1.82, 2.24) is 4.98 Å². The number of aromatic nitrogens is 1. The molecule has 0 aliphatic heterocycles. The maximum atomic E-state index is 12.3. The average Bonchev–Trinajstić information content (AvgIpc) is 3.05. The second kappa shape index (κ2) is 7.13. The van der Waals surface area contributed by atoms with Gasteiger partial charge in [-0.15, -0.1) is 0 Å². The molecule has 1 fully saturated rings. The van der Waals surface area contributed by atoms with Crippen molar-refractivity contribution in [3.63, 3.8) is 0 Å². The first kappa shape index (κ1) is 20.4. The van der Waals surface area contributed by atoms with Crippen molar-refractivity contribution < 1.29 is 10.2 Å². The number of allylic oxidation sites excluding steroid dienone is 3. The summed E-state index contributed by atoms with van der Waals surface area (Å²) < 4.78 is 0. The number of fused-ring (bicyclic) bond motifs is 5. The predicted octanol–water partition coefficient (Wildman–Crippen LogP) is 5.98. The molecule has 1 aromatic carbocycles. The summed E-state index contributed by atoms with van der Waals surface area (Å²) in [7, 11) is 0. The van der Waals surface area contributed by atoms with Gasteiger partial charge in [0.1, 0.15) is 0 Å². The van der Waals surface area contributed by atoms with Gasteiger partial charge in [0.15, 0.2) is 0 Å². The Morgan fingerprint density at radius 3 is 2.84 bits per heavy atom. The molecule has 3 nitrogen and oxygen atoms in total. The third-order valence-electron chi connectivity index (χ3n) is 9.08. The Bertz CT molecular complexity index is 1190. The summed E-state index contributed by atoms with van der Waals surface area (Å²) in [6.45, 7) is 4.60. The normalized spacial score (nSPS) is 36.7. The number of pyridine rings is 1. The Hall–Kier alpha value is -2.23. The lowest BCUT2D eigenvalue weighted by molar-refractivity contribution is -0.0354. The molecule has 5 atom stereocenters. The first-order valence-corrected chi connectivity index (χ1v) is 12.2. The van der Waals surface area contributed by atoms with Gasteiger partial charge in [0.25, 0.3) is 0 Å². The highest BCUT2D eigenvalue weighted by molar-refractivity contribution is 5.87. The summed E-state index contributed by atoms with van der Waals surface area (Å²) >= 11 is 0. The fourth-order valence-corrected chi connectivity index (χ4v) is 7.52. The molecule has 3 heteroatoms. The standard InChI is InChI=1S/C29H33NO2/c1-18-16-28(2)25(21-3-4-22-17-30-12-10-20(22)13-21)7-8-27(28)29(32)11-9-19-5-6-24(31)14-23(19)15-26(18)29/h3-4,7,10,12-13,15,17,19,24,27,31-32H,5-6,8-9,11,14,16H2,1-2H3/t19?,24?,27?,28?,29-/m1/s1. The highest BCUT2D eigenvalue weighted by Gasteiger charge is 2.57. The topological polar surface area (TPSA) is 53.4 Å². The van der Waals surface area contributed by atoms with Crippen LogP contribution in [0.3, 0.4) is 0 Å². The van der Waals surface area contributed by atoms with Gasteiger partial charge in [0, 0.05) is 29.1 Å². The van der Waals surface area contributed by atoms with E-state index in [-0.39, 0.29) is 17.4 Å². The van der Waals surface area contributed by atoms with Crippen molar-refractivity contribution in [2.24, 2.45) is 17.3 Å². The minimum absolute atomic E-state index is 0.0728. The third kappa shape index (κ3) is 2.90. The van der Waals surface area contributed by atoms with Crippen LogP contribution in [0.15, 0.2) is 65.5 Å². The number of rotatable bonds is 1. The number of aliphatic hydroxyl groups excluding tert-OH is 1. The van der Waals surface area contributed by atoms with Crippen LogP contribution < -0.4 is 0 Å². The van der Waals surface area contributed by atoms with Crippen LogP contribution >= 0.6 is 0 Å². The van der Waals surface area contributed by atoms with Gasteiger partial charge < -0.3 is 10.2 Å². The van der Waals surface area contributed by atoms with Crippen molar-refractivity contribution >= 4 is 16.3 Å². The molecule has 0 amide bonds. The molecule has 1 saturated carbocycles. The zero-order valence-corrected chi connectivity index (χ0v) is 19.1. The van der Waals surface area contributed by atoms with Crippen LogP contribution in [0.1, 0.15) is 64.4 Å². The Morgan fingerprint density at radius 2 is 1.97 bits per heavy atom. The second-order valence-corrected chi connectivity index (χ2v) is 10.9. The Kier molecular flexibility index (Phi) is 4.54. The Labute approximate surface area is 190 Å². The monoisotopic (exact) mass is 427 g/mol. The summed E-state index contributed by atoms with van der Waals surface area (Å²) in [4.78, 5) is 4.25. The van der Waals surface area contributed by atoms with Crippen LogP contribution in [0.5, 0.6) is 0 Å². The van der Waals surface area contributed by atoms with Gasteiger partial charge in [-0.2, -0.15) is 0 Å². The molecule has 4 aliphatic rings. The molecule has 0 saturated heterocycles. The fraction of sp³-hybridized carbons (Fsp3) is 0.483. The largest absolute Gasteiger partial charge is 0.393 e. The van der Waals surface area contributed by atoms with Gasteiger partial charge in [0.2, 0.25) is 0 Å². The van der Waals surface area contributed by atoms with E-state index < -0.39 is 5.60 Å². The maximum absolute atomic E-state index is 12.3. The van der Waals surface area contributed by atoms with E-state index in [1.807, 2.05) is 12.4 Å². The minimum Gasteiger partial charge on any atom is -0.393 e. The number of aliphatic hydroxyl groups is 2. The molecule has 166 valence electrons. The third-order valence-corrected chi connectivity index (χ3v) is 9.08. The van der Waals surface area contributed by atoms with E-state index in [1.165, 1.54) is 27.7 Å². The molecule has 1 aromatic heterocycles. The highest BCUT2D eigenvalue weighted by atomic mass is 16.3. The quantitative estimate of drug-likeness (QED) is 0.589. The van der Waals surface area contributed by atoms with Crippen molar-refractivity contribution in [2.75, 3.05) is 0 Å². The first-order valence-electron chi connectivity index (χ1n) is 12.2. The SMILES string of the molecule is CC1=C2C=C3CC(O)CCC3CC[C@]2(O)C2CC=C(c3ccc4cnccc4c3)C2(C)C1. The van der Waals surface area contributed by atoms with E-state index in [0.717, 1.165) is 55.9 Å². The van der Waals surface area contributed by atoms with Crippen molar-refractivity contribution in [3.8, 4) is 0 Å². The van der Waals surface area contributed by atoms with Gasteiger partial charge in [0.05, 0.1) is 11.7 Å². The molecule has 0 radical (unpaired) electrons. The Morgan fingerprint density at radius 1 is 1.09 bits per heavy atom. The van der Waals surface area contributed by atoms with E-state index in [2.05, 4.69) is 55.2 Å². The second-order valence-electron chi connectivity index (χ2n) is 10.9. The maximum Gasteiger partial charge on any atom is 0.0935 e. The van der Waals surface area contributed by atoms with Crippen LogP contribution in [0.2, 0.25) is 0 Å². The smallest absolute Gasteiger partial charge is 0.0935 e. The molecule has 1 heterocycles. The zero-order valence-electron chi connectivity index (χ0n) is 19.1. The van der Waals surface area contributed by atoms with Gasteiger partial charge in [-0.05, 0) is 92.0 Å². The molecule has 4 unspecified atom stereocenters. The molecule has 0 bridgehead atoms. The number of benzene rings is 1. The summed E-state index contributed by atoms with van der Waals surface area (Å²) in [6.07, 6.45) is 14.7. The van der Waals surface area contributed by atoms with Crippen LogP contribution in [-0.2, 0) is 0 Å². The lowest BCUT2D eigenvalue weighted by Gasteiger charge is -2.50. The molecular formula is C29H33NO2. The van der Waals surface area contributed by atoms with Gasteiger partial charge in [-0.25, -0.2) is 0 Å². The van der Waals surface area contributed by atoms with Gasteiger partial charge >= 0.3 is 0 Å². The molecule has 2 N–H and O–H groups in total. The van der Waals surface area contributed by atoms with Gasteiger partial charge in [-0.3, -0.25) is 4.98 Å². The molecular weight excluding hydrogens is 394 g/mol. The number of hydrogen-bond acceptors (Lipinski definition) is 3. The lowest BCUT2D eigenvalue weighted by atomic mass is 9.56. The summed E-state index contributed by atoms with van der Waals surface area (Å²) in [6, 6.07) is 8.78. The first-order chi connectivity index (χ1) is 15.4. The molecule has 4 aliphatic carbocycles. The van der Waals surface area contributed by atoms with Crippen molar-refractivity contribution in [3.05, 3.63) is 71.1 Å². The van der Waals surface area contributed by atoms with Crippen molar-refractivity contribution in [2.45, 2.75) is 70.5 Å². The van der Waals surface area contributed by atoms with Crippen LogP contribution in [-0.4, -0.2) is 26.9 Å². The van der Waals surface area contributed by atoms with E-state index in [0.29, 0.717) is 5.92 Å². The number of hydrogen-bond donors (Lipinski definition) is 2. The predicted molar refractivity (Wildman–Crippen MR) is 129 cm³/mol. The minimum atomic E-state index is -0.786. The van der Waals surface area contributed by atoms with Crippen molar-refractivity contribution in [1.29, 1.82) is 0 Å². The molecule has 6 rings (SSSR count). The summed E-state index contributed by atoms with van der Waals surface area (Å²) in [5, 5.41) is 25.0. The molecule has 32 heavy (non-hydrogen) atoms. The lowest BCUT2D eigenvalue weighted by Crippen LogP contribution is -2.49. The van der Waals surface area contributed by atoms with Crippen LogP contribution in [0, 0.1) is 17.3 Å². The summed E-state index contributed by atoms with van der Waals surface area (Å²) in [5.74, 6) is 0.710. The van der Waals surface area contributed by atoms with Crippen LogP contribution in [0.25, 0.3) is 16.3 Å². The fourth-order valence-electron chi connectivity index (χ4n) is 7.52. The zero-order chi connectivity index (χ0) is 22.1. The Balaban J connectivity index is 1.42.